The molecule has 2 N–H and O–H groups in total. The summed E-state index contributed by atoms with van der Waals surface area (Å²) >= 11 is 0. The van der Waals surface area contributed by atoms with E-state index < -0.39 is 0 Å². The highest BCUT2D eigenvalue weighted by molar-refractivity contribution is 5.93. The van der Waals surface area contributed by atoms with Gasteiger partial charge in [0.2, 0.25) is 5.91 Å². The van der Waals surface area contributed by atoms with Crippen molar-refractivity contribution in [1.29, 1.82) is 0 Å². The number of hydrogen-bond donors (Lipinski definition) is 2. The van der Waals surface area contributed by atoms with E-state index in [4.69, 9.17) is 4.74 Å². The van der Waals surface area contributed by atoms with Crippen molar-refractivity contribution in [2.75, 3.05) is 17.7 Å². The fourth-order valence-electron chi connectivity index (χ4n) is 2.56. The van der Waals surface area contributed by atoms with E-state index in [9.17, 15) is 9.59 Å². The highest BCUT2D eigenvalue weighted by atomic mass is 16.5. The minimum Gasteiger partial charge on any atom is -0.465 e. The van der Waals surface area contributed by atoms with E-state index in [0.29, 0.717) is 5.56 Å². The molecule has 2 aromatic rings. The molecule has 0 bridgehead atoms. The first-order valence-corrected chi connectivity index (χ1v) is 8.02. The van der Waals surface area contributed by atoms with Gasteiger partial charge in [0.15, 0.2) is 0 Å². The summed E-state index contributed by atoms with van der Waals surface area (Å²) in [6.07, 6.45) is 3.12. The van der Waals surface area contributed by atoms with Crippen LogP contribution in [0.15, 0.2) is 48.5 Å². The highest BCUT2D eigenvalue weighted by Gasteiger charge is 2.24. The molecule has 0 spiro atoms. The van der Waals surface area contributed by atoms with Crippen LogP contribution in [-0.4, -0.2) is 19.0 Å². The molecular formula is C19H20N2O3. The Bertz CT molecular complexity index is 737. The van der Waals surface area contributed by atoms with Crippen molar-refractivity contribution in [1.82, 2.24) is 0 Å². The number of hydrogen-bond acceptors (Lipinski definition) is 4. The van der Waals surface area contributed by atoms with Crippen molar-refractivity contribution >= 4 is 28.9 Å². The summed E-state index contributed by atoms with van der Waals surface area (Å²) in [5.74, 6) is -0.0932. The van der Waals surface area contributed by atoms with Gasteiger partial charge in [0.05, 0.1) is 12.7 Å². The number of benzene rings is 2. The van der Waals surface area contributed by atoms with Gasteiger partial charge in [-0.2, -0.15) is 0 Å². The second-order valence-electron chi connectivity index (χ2n) is 5.89. The molecule has 0 radical (unpaired) electrons. The van der Waals surface area contributed by atoms with Crippen LogP contribution >= 0.6 is 0 Å². The van der Waals surface area contributed by atoms with Crippen LogP contribution in [0.2, 0.25) is 0 Å². The van der Waals surface area contributed by atoms with E-state index in [2.05, 4.69) is 10.6 Å². The van der Waals surface area contributed by atoms with Gasteiger partial charge in [-0.15, -0.1) is 0 Å². The molecular weight excluding hydrogens is 304 g/mol. The maximum atomic E-state index is 11.9. The van der Waals surface area contributed by atoms with Crippen molar-refractivity contribution in [3.63, 3.8) is 0 Å². The third-order valence-electron chi connectivity index (χ3n) is 4.20. The van der Waals surface area contributed by atoms with Gasteiger partial charge in [-0.1, -0.05) is 12.5 Å². The maximum Gasteiger partial charge on any atom is 0.337 e. The number of methoxy groups -OCH3 is 1. The van der Waals surface area contributed by atoms with Crippen LogP contribution in [0.4, 0.5) is 17.1 Å². The summed E-state index contributed by atoms with van der Waals surface area (Å²) in [4.78, 5) is 23.5. The SMILES string of the molecule is COC(=O)c1cccc(Nc2ccc(NC(=O)C3CCC3)cc2)c1. The molecule has 0 heterocycles. The van der Waals surface area contributed by atoms with Gasteiger partial charge in [-0.25, -0.2) is 4.79 Å². The predicted octanol–water partition coefficient (Wildman–Crippen LogP) is 3.96. The first-order valence-electron chi connectivity index (χ1n) is 8.02. The Hall–Kier alpha value is -2.82. The standard InChI is InChI=1S/C19H20N2O3/c1-24-19(23)14-6-3-7-17(12-14)20-15-8-10-16(11-9-15)21-18(22)13-4-2-5-13/h3,6-13,20H,2,4-5H2,1H3,(H,21,22). The maximum absolute atomic E-state index is 11.9. The van der Waals surface area contributed by atoms with Crippen LogP contribution < -0.4 is 10.6 Å². The molecule has 124 valence electrons. The average molecular weight is 324 g/mol. The van der Waals surface area contributed by atoms with E-state index >= 15 is 0 Å². The number of rotatable bonds is 5. The Morgan fingerprint density at radius 1 is 1.00 bits per heavy atom. The molecule has 1 aliphatic carbocycles. The Morgan fingerprint density at radius 3 is 2.33 bits per heavy atom. The minimum absolute atomic E-state index is 0.104. The van der Waals surface area contributed by atoms with Gasteiger partial charge in [0.1, 0.15) is 0 Å². The number of nitrogens with one attached hydrogen (secondary N) is 2. The van der Waals surface area contributed by atoms with Gasteiger partial charge in [0.25, 0.3) is 0 Å². The zero-order valence-corrected chi connectivity index (χ0v) is 13.5. The van der Waals surface area contributed by atoms with Crippen molar-refractivity contribution in [2.45, 2.75) is 19.3 Å². The summed E-state index contributed by atoms with van der Waals surface area (Å²) in [6, 6.07) is 14.6. The number of carbonyl (C=O) groups excluding carboxylic acids is 2. The summed E-state index contributed by atoms with van der Waals surface area (Å²) < 4.78 is 4.72. The predicted molar refractivity (Wildman–Crippen MR) is 93.5 cm³/mol. The Balaban J connectivity index is 1.63. The van der Waals surface area contributed by atoms with Crippen LogP contribution in [-0.2, 0) is 9.53 Å². The lowest BCUT2D eigenvalue weighted by atomic mass is 9.85. The molecule has 1 aliphatic rings. The molecule has 0 unspecified atom stereocenters. The summed E-state index contributed by atoms with van der Waals surface area (Å²) in [7, 11) is 1.36. The van der Waals surface area contributed by atoms with E-state index in [1.807, 2.05) is 30.3 Å². The second-order valence-corrected chi connectivity index (χ2v) is 5.89. The van der Waals surface area contributed by atoms with Crippen LogP contribution in [0.5, 0.6) is 0 Å². The van der Waals surface area contributed by atoms with E-state index in [1.165, 1.54) is 7.11 Å². The molecule has 1 fully saturated rings. The van der Waals surface area contributed by atoms with Crippen molar-refractivity contribution in [2.24, 2.45) is 5.92 Å². The van der Waals surface area contributed by atoms with Crippen molar-refractivity contribution in [3.8, 4) is 0 Å². The molecule has 3 rings (SSSR count). The van der Waals surface area contributed by atoms with Crippen LogP contribution in [0.25, 0.3) is 0 Å². The first kappa shape index (κ1) is 16.1. The van der Waals surface area contributed by atoms with Gasteiger partial charge < -0.3 is 15.4 Å². The Kier molecular flexibility index (Phi) is 4.79. The molecule has 0 saturated heterocycles. The number of esters is 1. The van der Waals surface area contributed by atoms with Gasteiger partial charge >= 0.3 is 5.97 Å². The molecule has 2 aromatic carbocycles. The quantitative estimate of drug-likeness (QED) is 0.817. The fraction of sp³-hybridized carbons (Fsp3) is 0.263. The fourth-order valence-corrected chi connectivity index (χ4v) is 2.56. The lowest BCUT2D eigenvalue weighted by Gasteiger charge is -2.24. The van der Waals surface area contributed by atoms with Gasteiger partial charge in [-0.05, 0) is 55.3 Å². The summed E-state index contributed by atoms with van der Waals surface area (Å²) in [5, 5.41) is 6.17. The monoisotopic (exact) mass is 324 g/mol. The largest absolute Gasteiger partial charge is 0.465 e. The minimum atomic E-state index is -0.368. The van der Waals surface area contributed by atoms with Crippen LogP contribution in [0, 0.1) is 5.92 Å². The second kappa shape index (κ2) is 7.17. The first-order chi connectivity index (χ1) is 11.7. The molecule has 1 amide bonds. The van der Waals surface area contributed by atoms with E-state index in [-0.39, 0.29) is 17.8 Å². The van der Waals surface area contributed by atoms with Crippen molar-refractivity contribution in [3.05, 3.63) is 54.1 Å². The number of carbonyl (C=O) groups is 2. The average Bonchev–Trinajstić information content (AvgIpc) is 2.54. The molecule has 0 aromatic heterocycles. The topological polar surface area (TPSA) is 67.4 Å². The van der Waals surface area contributed by atoms with E-state index in [0.717, 1.165) is 36.3 Å². The third-order valence-corrected chi connectivity index (χ3v) is 4.20. The Labute approximate surface area is 141 Å². The molecule has 0 atom stereocenters. The highest BCUT2D eigenvalue weighted by Crippen LogP contribution is 2.28. The van der Waals surface area contributed by atoms with E-state index in [1.54, 1.807) is 18.2 Å². The van der Waals surface area contributed by atoms with Crippen molar-refractivity contribution < 1.29 is 14.3 Å². The smallest absolute Gasteiger partial charge is 0.337 e. The molecule has 5 heteroatoms. The van der Waals surface area contributed by atoms with Crippen LogP contribution in [0.1, 0.15) is 29.6 Å². The number of amides is 1. The lowest BCUT2D eigenvalue weighted by Crippen LogP contribution is -2.27. The zero-order valence-electron chi connectivity index (χ0n) is 13.5. The van der Waals surface area contributed by atoms with Crippen LogP contribution in [0.3, 0.4) is 0 Å². The van der Waals surface area contributed by atoms with Gasteiger partial charge in [-0.3, -0.25) is 4.79 Å². The number of ether oxygens (including phenoxy) is 1. The molecule has 0 aliphatic heterocycles. The number of anilines is 3. The zero-order chi connectivity index (χ0) is 16.9. The summed E-state index contributed by atoms with van der Waals surface area (Å²) in [5.41, 5.74) is 2.95. The molecule has 24 heavy (non-hydrogen) atoms. The van der Waals surface area contributed by atoms with Gasteiger partial charge in [0, 0.05) is 23.0 Å². The normalized spacial score (nSPS) is 13.7. The summed E-state index contributed by atoms with van der Waals surface area (Å²) in [6.45, 7) is 0. The molecule has 1 saturated carbocycles. The molecule has 5 nitrogen and oxygen atoms in total. The Morgan fingerprint density at radius 2 is 1.71 bits per heavy atom. The third kappa shape index (κ3) is 3.74. The lowest BCUT2D eigenvalue weighted by molar-refractivity contribution is -0.122.